The first-order valence-corrected chi connectivity index (χ1v) is 9.09. The van der Waals surface area contributed by atoms with E-state index in [4.69, 9.17) is 10.5 Å². The van der Waals surface area contributed by atoms with Crippen LogP contribution in [-0.2, 0) is 7.05 Å². The Morgan fingerprint density at radius 3 is 2.64 bits per heavy atom. The van der Waals surface area contributed by atoms with Crippen LogP contribution in [0.2, 0.25) is 0 Å². The van der Waals surface area contributed by atoms with Crippen LogP contribution in [-0.4, -0.2) is 49.0 Å². The minimum atomic E-state index is -0.608. The first-order chi connectivity index (χ1) is 13.5. The molecule has 3 aromatic rings. The summed E-state index contributed by atoms with van der Waals surface area (Å²) < 4.78 is 21.9. The zero-order valence-corrected chi connectivity index (χ0v) is 15.8. The highest BCUT2D eigenvalue weighted by Gasteiger charge is 2.20. The second kappa shape index (κ2) is 7.12. The molecule has 0 aliphatic carbocycles. The summed E-state index contributed by atoms with van der Waals surface area (Å²) in [6.45, 7) is 3.45. The minimum absolute atomic E-state index is 0.238. The normalized spacial score (nSPS) is 14.5. The Labute approximate surface area is 161 Å². The van der Waals surface area contributed by atoms with Gasteiger partial charge in [0.15, 0.2) is 0 Å². The largest absolute Gasteiger partial charge is 0.496 e. The maximum Gasteiger partial charge on any atom is 0.252 e. The molecule has 8 heteroatoms. The summed E-state index contributed by atoms with van der Waals surface area (Å²) in [7, 11) is 3.21. The van der Waals surface area contributed by atoms with Crippen molar-refractivity contribution in [1.29, 1.82) is 0 Å². The molecule has 0 radical (unpaired) electrons. The zero-order chi connectivity index (χ0) is 19.8. The standard InChI is InChI=1S/C20H22FN5O2/c1-25-19(14-10-15(20(22)27)18(28-2)11-17(14)24-25)13-4-3-12(9-16(13)21)26-7-5-23-6-8-26/h3-4,9-11,23H,5-8H2,1-2H3,(H2,22,27). The number of nitrogens with two attached hydrogens (primary N) is 1. The molecule has 1 aromatic heterocycles. The molecule has 0 unspecified atom stereocenters. The highest BCUT2D eigenvalue weighted by Crippen LogP contribution is 2.35. The van der Waals surface area contributed by atoms with Gasteiger partial charge < -0.3 is 20.7 Å². The fraction of sp³-hybridized carbons (Fsp3) is 0.300. The quantitative estimate of drug-likeness (QED) is 0.719. The number of hydrogen-bond donors (Lipinski definition) is 2. The van der Waals surface area contributed by atoms with Crippen molar-refractivity contribution in [3.05, 3.63) is 41.7 Å². The van der Waals surface area contributed by atoms with E-state index in [1.807, 2.05) is 6.07 Å². The number of carbonyl (C=O) groups is 1. The topological polar surface area (TPSA) is 85.4 Å². The van der Waals surface area contributed by atoms with E-state index >= 15 is 4.39 Å². The van der Waals surface area contributed by atoms with E-state index in [0.29, 0.717) is 27.9 Å². The van der Waals surface area contributed by atoms with Crippen molar-refractivity contribution >= 4 is 22.5 Å². The maximum absolute atomic E-state index is 15.1. The number of rotatable bonds is 4. The number of nitrogens with one attached hydrogen (secondary N) is 1. The van der Waals surface area contributed by atoms with Gasteiger partial charge in [0.1, 0.15) is 11.6 Å². The van der Waals surface area contributed by atoms with E-state index in [9.17, 15) is 4.79 Å². The second-order valence-electron chi connectivity index (χ2n) is 6.81. The molecular weight excluding hydrogens is 361 g/mol. The molecule has 0 spiro atoms. The summed E-state index contributed by atoms with van der Waals surface area (Å²) in [4.78, 5) is 13.9. The summed E-state index contributed by atoms with van der Waals surface area (Å²) >= 11 is 0. The summed E-state index contributed by atoms with van der Waals surface area (Å²) in [5.74, 6) is -0.598. The Hall–Kier alpha value is -3.13. The Bertz CT molecular complexity index is 1060. The predicted octanol–water partition coefficient (Wildman–Crippen LogP) is 1.90. The number of aryl methyl sites for hydroxylation is 1. The third kappa shape index (κ3) is 3.05. The van der Waals surface area contributed by atoms with Crippen molar-refractivity contribution in [2.75, 3.05) is 38.2 Å². The molecule has 1 aliphatic rings. The molecule has 2 aromatic carbocycles. The van der Waals surface area contributed by atoms with Crippen LogP contribution in [0.3, 0.4) is 0 Å². The lowest BCUT2D eigenvalue weighted by molar-refractivity contribution is 0.0997. The van der Waals surface area contributed by atoms with Crippen molar-refractivity contribution in [3.8, 4) is 17.0 Å². The molecule has 1 fully saturated rings. The smallest absolute Gasteiger partial charge is 0.252 e. The summed E-state index contributed by atoms with van der Waals surface area (Å²) in [5.41, 5.74) is 8.18. The summed E-state index contributed by atoms with van der Waals surface area (Å²) in [5, 5.41) is 8.38. The van der Waals surface area contributed by atoms with Gasteiger partial charge in [-0.05, 0) is 24.3 Å². The molecule has 4 rings (SSSR count). The maximum atomic E-state index is 15.1. The number of halogens is 1. The van der Waals surface area contributed by atoms with Crippen LogP contribution in [0, 0.1) is 5.82 Å². The van der Waals surface area contributed by atoms with E-state index in [0.717, 1.165) is 31.9 Å². The van der Waals surface area contributed by atoms with Crippen LogP contribution in [0.5, 0.6) is 5.75 Å². The molecular formula is C20H22FN5O2. The van der Waals surface area contributed by atoms with Gasteiger partial charge in [-0.15, -0.1) is 0 Å². The van der Waals surface area contributed by atoms with E-state index in [1.54, 1.807) is 36.0 Å². The number of benzene rings is 2. The van der Waals surface area contributed by atoms with Crippen molar-refractivity contribution in [1.82, 2.24) is 15.1 Å². The highest BCUT2D eigenvalue weighted by molar-refractivity contribution is 6.03. The molecule has 28 heavy (non-hydrogen) atoms. The zero-order valence-electron chi connectivity index (χ0n) is 15.8. The molecule has 0 bridgehead atoms. The number of hydrogen-bond acceptors (Lipinski definition) is 5. The van der Waals surface area contributed by atoms with Crippen molar-refractivity contribution in [3.63, 3.8) is 0 Å². The van der Waals surface area contributed by atoms with Crippen LogP contribution < -0.4 is 20.7 Å². The van der Waals surface area contributed by atoms with Gasteiger partial charge in [0.25, 0.3) is 5.91 Å². The molecule has 0 atom stereocenters. The Balaban J connectivity index is 1.83. The third-order valence-electron chi connectivity index (χ3n) is 5.11. The minimum Gasteiger partial charge on any atom is -0.496 e. The molecule has 3 N–H and O–H groups in total. The first kappa shape index (κ1) is 18.2. The average molecular weight is 383 g/mol. The van der Waals surface area contributed by atoms with Crippen LogP contribution in [0.25, 0.3) is 22.2 Å². The SMILES string of the molecule is COc1cc2nn(C)c(-c3ccc(N4CCNCC4)cc3F)c2cc1C(N)=O. The molecule has 1 saturated heterocycles. The van der Waals surface area contributed by atoms with Crippen LogP contribution in [0.4, 0.5) is 10.1 Å². The second-order valence-corrected chi connectivity index (χ2v) is 6.81. The van der Waals surface area contributed by atoms with Gasteiger partial charge in [0.2, 0.25) is 0 Å². The van der Waals surface area contributed by atoms with Crippen LogP contribution in [0.1, 0.15) is 10.4 Å². The van der Waals surface area contributed by atoms with Crippen molar-refractivity contribution in [2.45, 2.75) is 0 Å². The van der Waals surface area contributed by atoms with Crippen LogP contribution in [0.15, 0.2) is 30.3 Å². The number of ether oxygens (including phenoxy) is 1. The third-order valence-corrected chi connectivity index (χ3v) is 5.11. The molecule has 0 saturated carbocycles. The Morgan fingerprint density at radius 1 is 1.25 bits per heavy atom. The van der Waals surface area contributed by atoms with Gasteiger partial charge in [-0.2, -0.15) is 5.10 Å². The van der Waals surface area contributed by atoms with Gasteiger partial charge >= 0.3 is 0 Å². The average Bonchev–Trinajstić information content (AvgIpc) is 3.02. The number of piperazine rings is 1. The number of aromatic nitrogens is 2. The number of fused-ring (bicyclic) bond motifs is 1. The van der Waals surface area contributed by atoms with E-state index < -0.39 is 5.91 Å². The monoisotopic (exact) mass is 383 g/mol. The lowest BCUT2D eigenvalue weighted by atomic mass is 10.0. The van der Waals surface area contributed by atoms with Crippen LogP contribution >= 0.6 is 0 Å². The molecule has 2 heterocycles. The van der Waals surface area contributed by atoms with Gasteiger partial charge in [-0.3, -0.25) is 9.48 Å². The van der Waals surface area contributed by atoms with E-state index in [2.05, 4.69) is 15.3 Å². The van der Waals surface area contributed by atoms with Gasteiger partial charge in [-0.1, -0.05) is 0 Å². The Kier molecular flexibility index (Phi) is 4.64. The van der Waals surface area contributed by atoms with Gasteiger partial charge in [0, 0.05) is 55.9 Å². The lowest BCUT2D eigenvalue weighted by Crippen LogP contribution is -2.43. The number of anilines is 1. The molecule has 7 nitrogen and oxygen atoms in total. The molecule has 1 aliphatic heterocycles. The first-order valence-electron chi connectivity index (χ1n) is 9.09. The van der Waals surface area contributed by atoms with Gasteiger partial charge in [0.05, 0.1) is 23.9 Å². The number of nitrogens with zero attached hydrogens (tertiary/aromatic N) is 3. The molecule has 146 valence electrons. The summed E-state index contributed by atoms with van der Waals surface area (Å²) in [6.07, 6.45) is 0. The Morgan fingerprint density at radius 2 is 2.00 bits per heavy atom. The number of primary amides is 1. The fourth-order valence-electron chi connectivity index (χ4n) is 3.72. The summed E-state index contributed by atoms with van der Waals surface area (Å²) in [6, 6.07) is 8.49. The fourth-order valence-corrected chi connectivity index (χ4v) is 3.72. The number of methoxy groups -OCH3 is 1. The van der Waals surface area contributed by atoms with E-state index in [1.165, 1.54) is 7.11 Å². The number of carbonyl (C=O) groups excluding carboxylic acids is 1. The van der Waals surface area contributed by atoms with Crippen molar-refractivity contribution in [2.24, 2.45) is 12.8 Å². The molecule has 1 amide bonds. The highest BCUT2D eigenvalue weighted by atomic mass is 19.1. The van der Waals surface area contributed by atoms with Gasteiger partial charge in [-0.25, -0.2) is 4.39 Å². The van der Waals surface area contributed by atoms with E-state index in [-0.39, 0.29) is 11.4 Å². The number of amides is 1. The lowest BCUT2D eigenvalue weighted by Gasteiger charge is -2.29. The van der Waals surface area contributed by atoms with Crippen molar-refractivity contribution < 1.29 is 13.9 Å². The predicted molar refractivity (Wildman–Crippen MR) is 106 cm³/mol.